The first-order valence-electron chi connectivity index (χ1n) is 6.32. The van der Waals surface area contributed by atoms with Crippen LogP contribution in [0.4, 0.5) is 0 Å². The van der Waals surface area contributed by atoms with Crippen LogP contribution in [0.3, 0.4) is 0 Å². The van der Waals surface area contributed by atoms with Gasteiger partial charge in [-0.25, -0.2) is 0 Å². The average molecular weight is 295 g/mol. The van der Waals surface area contributed by atoms with E-state index in [1.807, 2.05) is 6.07 Å². The van der Waals surface area contributed by atoms with Crippen LogP contribution in [-0.2, 0) is 21.5 Å². The summed E-state index contributed by atoms with van der Waals surface area (Å²) in [4.78, 5) is 0. The topological polar surface area (TPSA) is 73.6 Å². The van der Waals surface area contributed by atoms with Gasteiger partial charge in [0.25, 0.3) is 10.2 Å². The van der Waals surface area contributed by atoms with Gasteiger partial charge in [-0.05, 0) is 17.7 Å². The smallest absolute Gasteiger partial charge is 0.282 e. The highest BCUT2D eigenvalue weighted by Crippen LogP contribution is 2.13. The Kier molecular flexibility index (Phi) is 4.73. The fraction of sp³-hybridized carbons (Fsp3) is 0.462. The summed E-state index contributed by atoms with van der Waals surface area (Å²) < 4.78 is 32.6. The van der Waals surface area contributed by atoms with Crippen molar-refractivity contribution in [3.8, 4) is 6.07 Å². The predicted octanol–water partition coefficient (Wildman–Crippen LogP) is 0.567. The number of hydrogen-bond acceptors (Lipinski definition) is 4. The summed E-state index contributed by atoms with van der Waals surface area (Å²) >= 11 is 0. The minimum Gasteiger partial charge on any atom is -0.379 e. The first kappa shape index (κ1) is 14.9. The van der Waals surface area contributed by atoms with E-state index in [0.29, 0.717) is 31.9 Å². The van der Waals surface area contributed by atoms with Gasteiger partial charge in [0, 0.05) is 26.7 Å². The van der Waals surface area contributed by atoms with Crippen molar-refractivity contribution in [3.63, 3.8) is 0 Å². The molecule has 0 aliphatic carbocycles. The van der Waals surface area contributed by atoms with Gasteiger partial charge in [-0.15, -0.1) is 0 Å². The van der Waals surface area contributed by atoms with E-state index in [2.05, 4.69) is 0 Å². The summed E-state index contributed by atoms with van der Waals surface area (Å²) in [6, 6.07) is 8.94. The van der Waals surface area contributed by atoms with Crippen molar-refractivity contribution in [2.24, 2.45) is 0 Å². The molecule has 1 aliphatic heterocycles. The molecule has 0 saturated carbocycles. The maximum atomic E-state index is 12.4. The van der Waals surface area contributed by atoms with Crippen molar-refractivity contribution in [3.05, 3.63) is 35.4 Å². The van der Waals surface area contributed by atoms with E-state index in [9.17, 15) is 8.42 Å². The fourth-order valence-electron chi connectivity index (χ4n) is 2.00. The normalized spacial score (nSPS) is 17.1. The molecule has 2 rings (SSSR count). The molecule has 6 nitrogen and oxygen atoms in total. The Morgan fingerprint density at radius 2 is 1.90 bits per heavy atom. The monoisotopic (exact) mass is 295 g/mol. The maximum Gasteiger partial charge on any atom is 0.282 e. The van der Waals surface area contributed by atoms with Crippen molar-refractivity contribution < 1.29 is 13.2 Å². The molecule has 0 N–H and O–H groups in total. The second kappa shape index (κ2) is 6.33. The molecule has 1 saturated heterocycles. The lowest BCUT2D eigenvalue weighted by Crippen LogP contribution is -2.47. The van der Waals surface area contributed by atoms with Gasteiger partial charge < -0.3 is 4.74 Å². The SMILES string of the molecule is CN(Cc1ccc(C#N)cc1)S(=O)(=O)N1CCOCC1. The molecule has 0 bridgehead atoms. The zero-order valence-corrected chi connectivity index (χ0v) is 12.1. The van der Waals surface area contributed by atoms with E-state index in [1.165, 1.54) is 8.61 Å². The molecule has 1 aromatic carbocycles. The van der Waals surface area contributed by atoms with Crippen LogP contribution in [0.25, 0.3) is 0 Å². The molecule has 0 radical (unpaired) electrons. The van der Waals surface area contributed by atoms with Crippen molar-refractivity contribution >= 4 is 10.2 Å². The lowest BCUT2D eigenvalue weighted by atomic mass is 10.1. The van der Waals surface area contributed by atoms with Gasteiger partial charge in [0.15, 0.2) is 0 Å². The lowest BCUT2D eigenvalue weighted by molar-refractivity contribution is 0.0705. The molecule has 1 aliphatic rings. The van der Waals surface area contributed by atoms with Crippen LogP contribution in [0.15, 0.2) is 24.3 Å². The third-order valence-electron chi connectivity index (χ3n) is 3.18. The van der Waals surface area contributed by atoms with Crippen LogP contribution in [0.1, 0.15) is 11.1 Å². The van der Waals surface area contributed by atoms with Crippen molar-refractivity contribution in [1.82, 2.24) is 8.61 Å². The second-order valence-electron chi connectivity index (χ2n) is 4.58. The Morgan fingerprint density at radius 3 is 2.45 bits per heavy atom. The van der Waals surface area contributed by atoms with Gasteiger partial charge in [0.2, 0.25) is 0 Å². The molecule has 0 spiro atoms. The highest BCUT2D eigenvalue weighted by Gasteiger charge is 2.28. The zero-order valence-electron chi connectivity index (χ0n) is 11.3. The Bertz CT molecular complexity index is 586. The standard InChI is InChI=1S/C13H17N3O3S/c1-15(11-13-4-2-12(10-14)3-5-13)20(17,18)16-6-8-19-9-7-16/h2-5H,6-9,11H2,1H3. The van der Waals surface area contributed by atoms with E-state index in [0.717, 1.165) is 5.56 Å². The Balaban J connectivity index is 2.06. The molecule has 0 atom stereocenters. The number of benzene rings is 1. The number of ether oxygens (including phenoxy) is 1. The molecule has 20 heavy (non-hydrogen) atoms. The number of rotatable bonds is 4. The van der Waals surface area contributed by atoms with E-state index < -0.39 is 10.2 Å². The quantitative estimate of drug-likeness (QED) is 0.814. The molecule has 0 aromatic heterocycles. The van der Waals surface area contributed by atoms with Crippen LogP contribution in [0.2, 0.25) is 0 Å². The van der Waals surface area contributed by atoms with E-state index in [4.69, 9.17) is 10.00 Å². The summed E-state index contributed by atoms with van der Waals surface area (Å²) in [5.41, 5.74) is 1.41. The van der Waals surface area contributed by atoms with Crippen LogP contribution in [0, 0.1) is 11.3 Å². The Morgan fingerprint density at radius 1 is 1.30 bits per heavy atom. The minimum atomic E-state index is -3.45. The molecule has 0 amide bonds. The summed E-state index contributed by atoms with van der Waals surface area (Å²) in [5.74, 6) is 0. The van der Waals surface area contributed by atoms with Crippen molar-refractivity contribution in [1.29, 1.82) is 5.26 Å². The Hall–Kier alpha value is -1.46. The molecule has 0 unspecified atom stereocenters. The number of morpholine rings is 1. The first-order chi connectivity index (χ1) is 9.54. The van der Waals surface area contributed by atoms with Crippen LogP contribution >= 0.6 is 0 Å². The Labute approximate surface area is 119 Å². The summed E-state index contributed by atoms with van der Waals surface area (Å²) in [5, 5.41) is 8.74. The molecule has 1 fully saturated rings. The maximum absolute atomic E-state index is 12.4. The van der Waals surface area contributed by atoms with Crippen molar-refractivity contribution in [2.45, 2.75) is 6.54 Å². The third-order valence-corrected chi connectivity index (χ3v) is 5.11. The van der Waals surface area contributed by atoms with E-state index in [1.54, 1.807) is 31.3 Å². The van der Waals surface area contributed by atoms with Crippen molar-refractivity contribution in [2.75, 3.05) is 33.4 Å². The van der Waals surface area contributed by atoms with Gasteiger partial charge in [0.05, 0.1) is 24.8 Å². The number of hydrogen-bond donors (Lipinski definition) is 0. The highest BCUT2D eigenvalue weighted by molar-refractivity contribution is 7.86. The van der Waals surface area contributed by atoms with E-state index >= 15 is 0 Å². The zero-order chi connectivity index (χ0) is 14.6. The van der Waals surface area contributed by atoms with Gasteiger partial charge in [-0.1, -0.05) is 12.1 Å². The molecule has 1 aromatic rings. The van der Waals surface area contributed by atoms with Crippen LogP contribution in [-0.4, -0.2) is 50.4 Å². The third kappa shape index (κ3) is 3.35. The highest BCUT2D eigenvalue weighted by atomic mass is 32.2. The average Bonchev–Trinajstić information content (AvgIpc) is 2.49. The minimum absolute atomic E-state index is 0.283. The second-order valence-corrected chi connectivity index (χ2v) is 6.62. The van der Waals surface area contributed by atoms with Crippen LogP contribution < -0.4 is 0 Å². The predicted molar refractivity (Wildman–Crippen MR) is 73.9 cm³/mol. The van der Waals surface area contributed by atoms with Gasteiger partial charge in [-0.2, -0.15) is 22.3 Å². The van der Waals surface area contributed by atoms with Gasteiger partial charge in [-0.3, -0.25) is 0 Å². The molecular formula is C13H17N3O3S. The van der Waals surface area contributed by atoms with Gasteiger partial charge in [0.1, 0.15) is 0 Å². The summed E-state index contributed by atoms with van der Waals surface area (Å²) in [6.45, 7) is 1.93. The fourth-order valence-corrected chi connectivity index (χ4v) is 3.31. The molecule has 7 heteroatoms. The van der Waals surface area contributed by atoms with Gasteiger partial charge >= 0.3 is 0 Å². The summed E-state index contributed by atoms with van der Waals surface area (Å²) in [7, 11) is -1.90. The number of nitriles is 1. The van der Waals surface area contributed by atoms with E-state index in [-0.39, 0.29) is 6.54 Å². The molecule has 108 valence electrons. The van der Waals surface area contributed by atoms with Crippen LogP contribution in [0.5, 0.6) is 0 Å². The largest absolute Gasteiger partial charge is 0.379 e. The lowest BCUT2D eigenvalue weighted by Gasteiger charge is -2.30. The molecular weight excluding hydrogens is 278 g/mol. The molecule has 1 heterocycles. The number of nitrogens with zero attached hydrogens (tertiary/aromatic N) is 3. The first-order valence-corrected chi connectivity index (χ1v) is 7.72. The summed E-state index contributed by atoms with van der Waals surface area (Å²) in [6.07, 6.45) is 0.